The summed E-state index contributed by atoms with van der Waals surface area (Å²) in [5, 5.41) is 0. The molecule has 0 aliphatic heterocycles. The van der Waals surface area contributed by atoms with Crippen LogP contribution in [0.2, 0.25) is 0 Å². The number of nitrogens with two attached hydrogens (primary N) is 1. The van der Waals surface area contributed by atoms with Crippen molar-refractivity contribution in [3.8, 4) is 11.6 Å². The van der Waals surface area contributed by atoms with Gasteiger partial charge < -0.3 is 10.5 Å². The zero-order chi connectivity index (χ0) is 14.6. The van der Waals surface area contributed by atoms with Gasteiger partial charge in [0.05, 0.1) is 4.90 Å². The van der Waals surface area contributed by atoms with Crippen molar-refractivity contribution in [2.45, 2.75) is 11.3 Å². The first-order chi connectivity index (χ1) is 9.50. The van der Waals surface area contributed by atoms with E-state index in [1.54, 1.807) is 18.3 Å². The molecule has 106 valence electrons. The quantitative estimate of drug-likeness (QED) is 0.908. The number of nitrogens with zero attached hydrogens (tertiary/aromatic N) is 1. The highest BCUT2D eigenvalue weighted by Gasteiger charge is 2.08. The normalized spacial score (nSPS) is 11.3. The zero-order valence-corrected chi connectivity index (χ0v) is 11.9. The Bertz CT molecular complexity index is 682. The van der Waals surface area contributed by atoms with Crippen LogP contribution in [0.4, 0.5) is 0 Å². The number of benzene rings is 1. The summed E-state index contributed by atoms with van der Waals surface area (Å²) in [6, 6.07) is 9.96. The summed E-state index contributed by atoms with van der Waals surface area (Å²) >= 11 is 0. The maximum atomic E-state index is 11.4. The maximum Gasteiger partial charge on any atom is 0.222 e. The molecule has 2 N–H and O–H groups in total. The molecule has 2 aromatic rings. The van der Waals surface area contributed by atoms with Crippen LogP contribution in [0.1, 0.15) is 5.56 Å². The Kier molecular flexibility index (Phi) is 4.36. The third kappa shape index (κ3) is 3.55. The van der Waals surface area contributed by atoms with Gasteiger partial charge in [-0.2, -0.15) is 0 Å². The van der Waals surface area contributed by atoms with Crippen molar-refractivity contribution in [1.82, 2.24) is 4.98 Å². The van der Waals surface area contributed by atoms with Crippen molar-refractivity contribution < 1.29 is 13.2 Å². The molecule has 1 heterocycles. The Morgan fingerprint density at radius 3 is 2.50 bits per heavy atom. The molecule has 0 bridgehead atoms. The van der Waals surface area contributed by atoms with Gasteiger partial charge in [0.25, 0.3) is 0 Å². The fourth-order valence-corrected chi connectivity index (χ4v) is 2.36. The van der Waals surface area contributed by atoms with E-state index in [0.717, 1.165) is 5.56 Å². The topological polar surface area (TPSA) is 82.3 Å². The molecule has 6 heteroatoms. The highest BCUT2D eigenvalue weighted by atomic mass is 32.2. The monoisotopic (exact) mass is 292 g/mol. The van der Waals surface area contributed by atoms with E-state index in [0.29, 0.717) is 24.6 Å². The Morgan fingerprint density at radius 1 is 1.20 bits per heavy atom. The van der Waals surface area contributed by atoms with Crippen LogP contribution in [0.15, 0.2) is 47.5 Å². The molecule has 0 radical (unpaired) electrons. The van der Waals surface area contributed by atoms with Crippen LogP contribution in [-0.4, -0.2) is 26.2 Å². The standard InChI is InChI=1S/C14H16N2O3S/c1-20(17,18)13-6-4-12(5-7-13)19-14-11(8-9-15)3-2-10-16-14/h2-7,10H,8-9,15H2,1H3. The molecule has 0 amide bonds. The number of rotatable bonds is 5. The van der Waals surface area contributed by atoms with Crippen LogP contribution in [0.25, 0.3) is 0 Å². The van der Waals surface area contributed by atoms with E-state index in [2.05, 4.69) is 4.98 Å². The molecule has 1 aromatic carbocycles. The van der Waals surface area contributed by atoms with Crippen LogP contribution in [0.3, 0.4) is 0 Å². The van der Waals surface area contributed by atoms with Crippen molar-refractivity contribution in [2.24, 2.45) is 5.73 Å². The minimum absolute atomic E-state index is 0.257. The molecule has 0 spiro atoms. The largest absolute Gasteiger partial charge is 0.439 e. The smallest absolute Gasteiger partial charge is 0.222 e. The van der Waals surface area contributed by atoms with Gasteiger partial charge in [0.1, 0.15) is 5.75 Å². The number of hydrogen-bond acceptors (Lipinski definition) is 5. The van der Waals surface area contributed by atoms with Gasteiger partial charge in [0.2, 0.25) is 5.88 Å². The number of ether oxygens (including phenoxy) is 1. The molecule has 20 heavy (non-hydrogen) atoms. The van der Waals surface area contributed by atoms with Gasteiger partial charge in [0.15, 0.2) is 9.84 Å². The predicted octanol–water partition coefficient (Wildman–Crippen LogP) is 1.78. The lowest BCUT2D eigenvalue weighted by Crippen LogP contribution is -2.04. The fourth-order valence-electron chi connectivity index (χ4n) is 1.73. The summed E-state index contributed by atoms with van der Waals surface area (Å²) in [4.78, 5) is 4.43. The lowest BCUT2D eigenvalue weighted by molar-refractivity contribution is 0.456. The fraction of sp³-hybridized carbons (Fsp3) is 0.214. The average molecular weight is 292 g/mol. The summed E-state index contributed by atoms with van der Waals surface area (Å²) < 4.78 is 28.4. The SMILES string of the molecule is CS(=O)(=O)c1ccc(Oc2ncccc2CCN)cc1. The Hall–Kier alpha value is -1.92. The molecule has 2 rings (SSSR count). The molecule has 1 aromatic heterocycles. The molecule has 0 unspecified atom stereocenters. The molecule has 0 aliphatic rings. The van der Waals surface area contributed by atoms with E-state index in [1.807, 2.05) is 12.1 Å². The highest BCUT2D eigenvalue weighted by molar-refractivity contribution is 7.90. The average Bonchev–Trinajstić information content (AvgIpc) is 2.41. The first-order valence-corrected chi connectivity index (χ1v) is 8.02. The number of sulfone groups is 1. The van der Waals surface area contributed by atoms with Crippen molar-refractivity contribution in [2.75, 3.05) is 12.8 Å². The van der Waals surface area contributed by atoms with E-state index >= 15 is 0 Å². The van der Waals surface area contributed by atoms with Crippen LogP contribution < -0.4 is 10.5 Å². The molecule has 0 saturated carbocycles. The van der Waals surface area contributed by atoms with Crippen molar-refractivity contribution in [1.29, 1.82) is 0 Å². The summed E-state index contributed by atoms with van der Waals surface area (Å²) in [6.07, 6.45) is 3.48. The van der Waals surface area contributed by atoms with Crippen LogP contribution in [0, 0.1) is 0 Å². The van der Waals surface area contributed by atoms with Gasteiger partial charge >= 0.3 is 0 Å². The molecule has 0 aliphatic carbocycles. The Labute approximate surface area is 118 Å². The van der Waals surface area contributed by atoms with Gasteiger partial charge in [-0.25, -0.2) is 13.4 Å². The van der Waals surface area contributed by atoms with Crippen molar-refractivity contribution in [3.05, 3.63) is 48.2 Å². The summed E-state index contributed by atoms with van der Waals surface area (Å²) in [6.45, 7) is 0.509. The zero-order valence-electron chi connectivity index (χ0n) is 11.1. The predicted molar refractivity (Wildman–Crippen MR) is 76.6 cm³/mol. The lowest BCUT2D eigenvalue weighted by atomic mass is 10.2. The van der Waals surface area contributed by atoms with E-state index in [9.17, 15) is 8.42 Å². The molecular formula is C14H16N2O3S. The van der Waals surface area contributed by atoms with Gasteiger partial charge in [-0.05, 0) is 43.3 Å². The minimum Gasteiger partial charge on any atom is -0.439 e. The minimum atomic E-state index is -3.20. The van der Waals surface area contributed by atoms with Gasteiger partial charge in [0, 0.05) is 18.0 Å². The Balaban J connectivity index is 2.22. The highest BCUT2D eigenvalue weighted by Crippen LogP contribution is 2.24. The second-order valence-electron chi connectivity index (χ2n) is 4.35. The van der Waals surface area contributed by atoms with E-state index in [1.165, 1.54) is 18.4 Å². The first kappa shape index (κ1) is 14.5. The second-order valence-corrected chi connectivity index (χ2v) is 6.37. The number of aromatic nitrogens is 1. The third-order valence-electron chi connectivity index (χ3n) is 2.73. The summed E-state index contributed by atoms with van der Waals surface area (Å²) in [5.41, 5.74) is 6.46. The van der Waals surface area contributed by atoms with Crippen LogP contribution in [-0.2, 0) is 16.3 Å². The molecule has 0 fully saturated rings. The summed E-state index contributed by atoms with van der Waals surface area (Å²) in [7, 11) is -3.20. The van der Waals surface area contributed by atoms with E-state index in [4.69, 9.17) is 10.5 Å². The Morgan fingerprint density at radius 2 is 1.90 bits per heavy atom. The number of hydrogen-bond donors (Lipinski definition) is 1. The van der Waals surface area contributed by atoms with Crippen LogP contribution >= 0.6 is 0 Å². The number of pyridine rings is 1. The maximum absolute atomic E-state index is 11.4. The summed E-state index contributed by atoms with van der Waals surface area (Å²) in [5.74, 6) is 1.03. The van der Waals surface area contributed by atoms with E-state index < -0.39 is 9.84 Å². The molecular weight excluding hydrogens is 276 g/mol. The van der Waals surface area contributed by atoms with Gasteiger partial charge in [-0.3, -0.25) is 0 Å². The second kappa shape index (κ2) is 6.02. The molecule has 0 atom stereocenters. The lowest BCUT2D eigenvalue weighted by Gasteiger charge is -2.09. The first-order valence-electron chi connectivity index (χ1n) is 6.12. The van der Waals surface area contributed by atoms with Crippen LogP contribution in [0.5, 0.6) is 11.6 Å². The van der Waals surface area contributed by atoms with Crippen molar-refractivity contribution >= 4 is 9.84 Å². The third-order valence-corrected chi connectivity index (χ3v) is 3.86. The van der Waals surface area contributed by atoms with Gasteiger partial charge in [-0.15, -0.1) is 0 Å². The van der Waals surface area contributed by atoms with E-state index in [-0.39, 0.29) is 4.90 Å². The molecule has 5 nitrogen and oxygen atoms in total. The van der Waals surface area contributed by atoms with Crippen molar-refractivity contribution in [3.63, 3.8) is 0 Å². The molecule has 0 saturated heterocycles. The van der Waals surface area contributed by atoms with Gasteiger partial charge in [-0.1, -0.05) is 6.07 Å².